The van der Waals surface area contributed by atoms with E-state index in [1.165, 1.54) is 11.1 Å². The monoisotopic (exact) mass is 301 g/mol. The van der Waals surface area contributed by atoms with Crippen LogP contribution in [0.1, 0.15) is 33.3 Å². The van der Waals surface area contributed by atoms with E-state index in [4.69, 9.17) is 0 Å². The first-order chi connectivity index (χ1) is 9.91. The minimum atomic E-state index is -0.512. The van der Waals surface area contributed by atoms with Crippen molar-refractivity contribution in [2.45, 2.75) is 33.1 Å². The molecule has 0 spiro atoms. The van der Waals surface area contributed by atoms with Crippen molar-refractivity contribution in [1.29, 1.82) is 0 Å². The van der Waals surface area contributed by atoms with Gasteiger partial charge >= 0.3 is 0 Å². The van der Waals surface area contributed by atoms with Crippen molar-refractivity contribution >= 4 is 17.2 Å². The van der Waals surface area contributed by atoms with Crippen LogP contribution in [0.25, 0.3) is 11.1 Å². The minimum Gasteiger partial charge on any atom is -0.355 e. The summed E-state index contributed by atoms with van der Waals surface area (Å²) in [6, 6.07) is 10.4. The van der Waals surface area contributed by atoms with Crippen LogP contribution in [0.3, 0.4) is 0 Å². The van der Waals surface area contributed by atoms with E-state index in [0.29, 0.717) is 5.92 Å². The van der Waals surface area contributed by atoms with Gasteiger partial charge in [-0.3, -0.25) is 4.79 Å². The molecule has 0 aliphatic heterocycles. The zero-order valence-corrected chi connectivity index (χ0v) is 14.0. The van der Waals surface area contributed by atoms with E-state index in [0.717, 1.165) is 12.1 Å². The number of rotatable bonds is 5. The number of hydrogen-bond acceptors (Lipinski definition) is 2. The lowest BCUT2D eigenvalue weighted by Gasteiger charge is -2.25. The zero-order valence-electron chi connectivity index (χ0n) is 13.1. The Bertz CT molecular complexity index is 582. The van der Waals surface area contributed by atoms with Crippen LogP contribution in [0.4, 0.5) is 0 Å². The van der Waals surface area contributed by atoms with Crippen LogP contribution in [-0.4, -0.2) is 12.5 Å². The van der Waals surface area contributed by atoms with E-state index in [-0.39, 0.29) is 5.91 Å². The smallest absolute Gasteiger partial charge is 0.230 e. The van der Waals surface area contributed by atoms with Crippen LogP contribution in [-0.2, 0) is 10.2 Å². The topological polar surface area (TPSA) is 29.1 Å². The summed E-state index contributed by atoms with van der Waals surface area (Å²) in [4.78, 5) is 12.4. The Balaban J connectivity index is 2.14. The van der Waals surface area contributed by atoms with Gasteiger partial charge in [-0.25, -0.2) is 0 Å². The summed E-state index contributed by atoms with van der Waals surface area (Å²) in [5.74, 6) is 0.546. The third-order valence-corrected chi connectivity index (χ3v) is 4.38. The van der Waals surface area contributed by atoms with Gasteiger partial charge < -0.3 is 5.32 Å². The Morgan fingerprint density at radius 1 is 1.14 bits per heavy atom. The molecule has 0 radical (unpaired) electrons. The maximum atomic E-state index is 12.4. The molecule has 0 atom stereocenters. The Kier molecular flexibility index (Phi) is 4.84. The predicted octanol–water partition coefficient (Wildman–Crippen LogP) is 4.46. The highest BCUT2D eigenvalue weighted by Gasteiger charge is 2.29. The standard InChI is InChI=1S/C18H23NOS/c1-13(2)11-19-17(20)18(3,4)16-7-5-14(6-8-16)15-9-10-21-12-15/h5-10,12-13H,11H2,1-4H3,(H,19,20). The second-order valence-electron chi connectivity index (χ2n) is 6.32. The summed E-state index contributed by atoms with van der Waals surface area (Å²) in [5, 5.41) is 7.24. The van der Waals surface area contributed by atoms with Gasteiger partial charge in [0.2, 0.25) is 5.91 Å². The van der Waals surface area contributed by atoms with Crippen LogP contribution in [0.2, 0.25) is 0 Å². The highest BCUT2D eigenvalue weighted by molar-refractivity contribution is 7.08. The summed E-state index contributed by atoms with van der Waals surface area (Å²) in [7, 11) is 0. The van der Waals surface area contributed by atoms with Gasteiger partial charge in [0.25, 0.3) is 0 Å². The molecule has 1 amide bonds. The van der Waals surface area contributed by atoms with Crippen LogP contribution in [0.15, 0.2) is 41.1 Å². The van der Waals surface area contributed by atoms with Gasteiger partial charge in [0.15, 0.2) is 0 Å². The number of carbonyl (C=O) groups is 1. The lowest BCUT2D eigenvalue weighted by Crippen LogP contribution is -2.41. The molecule has 1 aromatic heterocycles. The molecule has 3 heteroatoms. The molecule has 2 aromatic rings. The molecule has 0 saturated heterocycles. The number of thiophene rings is 1. The number of hydrogen-bond donors (Lipinski definition) is 1. The predicted molar refractivity (Wildman–Crippen MR) is 90.6 cm³/mol. The van der Waals surface area contributed by atoms with E-state index >= 15 is 0 Å². The van der Waals surface area contributed by atoms with Crippen molar-refractivity contribution in [3.63, 3.8) is 0 Å². The Labute approximate surface area is 131 Å². The van der Waals surface area contributed by atoms with Gasteiger partial charge in [0, 0.05) is 6.54 Å². The fraction of sp³-hybridized carbons (Fsp3) is 0.389. The van der Waals surface area contributed by atoms with Crippen molar-refractivity contribution in [2.24, 2.45) is 5.92 Å². The lowest BCUT2D eigenvalue weighted by molar-refractivity contribution is -0.125. The molecule has 0 aliphatic carbocycles. The number of amides is 1. The molecule has 112 valence electrons. The summed E-state index contributed by atoms with van der Waals surface area (Å²) in [6.07, 6.45) is 0. The normalized spacial score (nSPS) is 11.7. The largest absolute Gasteiger partial charge is 0.355 e. The molecule has 2 rings (SSSR count). The average Bonchev–Trinajstić information content (AvgIpc) is 2.99. The SMILES string of the molecule is CC(C)CNC(=O)C(C)(C)c1ccc(-c2ccsc2)cc1. The van der Waals surface area contributed by atoms with Crippen LogP contribution in [0.5, 0.6) is 0 Å². The lowest BCUT2D eigenvalue weighted by atomic mass is 9.83. The third-order valence-electron chi connectivity index (χ3n) is 3.70. The number of nitrogens with one attached hydrogen (secondary N) is 1. The fourth-order valence-electron chi connectivity index (χ4n) is 2.16. The fourth-order valence-corrected chi connectivity index (χ4v) is 2.82. The Hall–Kier alpha value is -1.61. The summed E-state index contributed by atoms with van der Waals surface area (Å²) in [6.45, 7) is 8.87. The van der Waals surface area contributed by atoms with Crippen LogP contribution < -0.4 is 5.32 Å². The molecule has 0 fully saturated rings. The van der Waals surface area contributed by atoms with Crippen molar-refractivity contribution in [2.75, 3.05) is 6.54 Å². The molecule has 0 aliphatic rings. The van der Waals surface area contributed by atoms with E-state index < -0.39 is 5.41 Å². The maximum absolute atomic E-state index is 12.4. The first-order valence-electron chi connectivity index (χ1n) is 7.32. The van der Waals surface area contributed by atoms with Gasteiger partial charge in [-0.1, -0.05) is 38.1 Å². The molecule has 2 nitrogen and oxygen atoms in total. The zero-order chi connectivity index (χ0) is 15.5. The molecule has 0 saturated carbocycles. The van der Waals surface area contributed by atoms with Gasteiger partial charge in [-0.15, -0.1) is 0 Å². The maximum Gasteiger partial charge on any atom is 0.230 e. The average molecular weight is 301 g/mol. The van der Waals surface area contributed by atoms with Gasteiger partial charge in [0.1, 0.15) is 0 Å². The van der Waals surface area contributed by atoms with Crippen molar-refractivity contribution in [3.05, 3.63) is 46.7 Å². The molecular formula is C18H23NOS. The molecular weight excluding hydrogens is 278 g/mol. The second kappa shape index (κ2) is 6.44. The number of carbonyl (C=O) groups excluding carboxylic acids is 1. The quantitative estimate of drug-likeness (QED) is 0.867. The molecule has 0 bridgehead atoms. The molecule has 1 N–H and O–H groups in total. The van der Waals surface area contributed by atoms with Crippen molar-refractivity contribution < 1.29 is 4.79 Å². The highest BCUT2D eigenvalue weighted by atomic mass is 32.1. The molecule has 21 heavy (non-hydrogen) atoms. The van der Waals surface area contributed by atoms with Gasteiger partial charge in [0.05, 0.1) is 5.41 Å². The minimum absolute atomic E-state index is 0.0829. The molecule has 0 unspecified atom stereocenters. The first kappa shape index (κ1) is 15.8. The highest BCUT2D eigenvalue weighted by Crippen LogP contribution is 2.28. The van der Waals surface area contributed by atoms with E-state index in [1.54, 1.807) is 11.3 Å². The summed E-state index contributed by atoms with van der Waals surface area (Å²) < 4.78 is 0. The summed E-state index contributed by atoms with van der Waals surface area (Å²) >= 11 is 1.69. The van der Waals surface area contributed by atoms with Gasteiger partial charge in [-0.05, 0) is 53.3 Å². The van der Waals surface area contributed by atoms with Crippen LogP contribution >= 0.6 is 11.3 Å². The first-order valence-corrected chi connectivity index (χ1v) is 8.27. The third kappa shape index (κ3) is 3.73. The molecule has 1 heterocycles. The van der Waals surface area contributed by atoms with Crippen LogP contribution in [0, 0.1) is 5.92 Å². The molecule has 1 aromatic carbocycles. The Morgan fingerprint density at radius 3 is 2.33 bits per heavy atom. The van der Waals surface area contributed by atoms with Crippen molar-refractivity contribution in [1.82, 2.24) is 5.32 Å². The summed E-state index contributed by atoms with van der Waals surface area (Å²) in [5.41, 5.74) is 2.96. The van der Waals surface area contributed by atoms with E-state index in [2.05, 4.69) is 60.3 Å². The number of benzene rings is 1. The van der Waals surface area contributed by atoms with Gasteiger partial charge in [-0.2, -0.15) is 11.3 Å². The van der Waals surface area contributed by atoms with E-state index in [9.17, 15) is 4.79 Å². The van der Waals surface area contributed by atoms with E-state index in [1.807, 2.05) is 13.8 Å². The van der Waals surface area contributed by atoms with Crippen molar-refractivity contribution in [3.8, 4) is 11.1 Å². The second-order valence-corrected chi connectivity index (χ2v) is 7.10. The Morgan fingerprint density at radius 2 is 1.81 bits per heavy atom.